The summed E-state index contributed by atoms with van der Waals surface area (Å²) in [6, 6.07) is 3.60. The largest absolute Gasteiger partial charge is 0.318 e. The van der Waals surface area contributed by atoms with Gasteiger partial charge in [0.2, 0.25) is 0 Å². The third kappa shape index (κ3) is 3.80. The average Bonchev–Trinajstić information content (AvgIpc) is 3.11. The monoisotopic (exact) mass is 432 g/mol. The first-order valence-electron chi connectivity index (χ1n) is 7.72. The molecule has 28 heavy (non-hydrogen) atoms. The SMILES string of the molecule is O=C1CCC(=O)N1OS(=O)(=O)c1cccc(S(=O)(=O)ON2C(=O)CCC2=O)c1. The van der Waals surface area contributed by atoms with Crippen LogP contribution in [0.1, 0.15) is 25.7 Å². The Labute approximate surface area is 158 Å². The zero-order chi connectivity index (χ0) is 20.7. The van der Waals surface area contributed by atoms with Gasteiger partial charge < -0.3 is 0 Å². The lowest BCUT2D eigenvalue weighted by atomic mass is 10.4. The van der Waals surface area contributed by atoms with Crippen LogP contribution in [-0.2, 0) is 48.0 Å². The maximum Gasteiger partial charge on any atom is 0.318 e. The molecule has 0 radical (unpaired) electrons. The minimum atomic E-state index is -4.72. The highest BCUT2D eigenvalue weighted by Crippen LogP contribution is 2.24. The molecule has 4 amide bonds. The quantitative estimate of drug-likeness (QED) is 0.522. The predicted octanol–water partition coefficient (Wildman–Crippen LogP) is -0.775. The molecule has 3 rings (SSSR count). The molecule has 2 aliphatic rings. The van der Waals surface area contributed by atoms with Gasteiger partial charge in [0, 0.05) is 25.7 Å². The van der Waals surface area contributed by atoms with Gasteiger partial charge in [-0.15, -0.1) is 18.7 Å². The molecule has 0 atom stereocenters. The summed E-state index contributed by atoms with van der Waals surface area (Å²) in [5.41, 5.74) is 0. The van der Waals surface area contributed by atoms with Crippen molar-refractivity contribution in [1.82, 2.24) is 10.1 Å². The molecule has 1 aromatic carbocycles. The van der Waals surface area contributed by atoms with E-state index in [9.17, 15) is 36.0 Å². The molecule has 0 aliphatic carbocycles. The Kier molecular flexibility index (Phi) is 5.05. The van der Waals surface area contributed by atoms with Crippen molar-refractivity contribution in [2.75, 3.05) is 0 Å². The van der Waals surface area contributed by atoms with Crippen LogP contribution >= 0.6 is 0 Å². The Morgan fingerprint density at radius 2 is 0.964 bits per heavy atom. The third-order valence-electron chi connectivity index (χ3n) is 3.74. The Morgan fingerprint density at radius 1 is 0.643 bits per heavy atom. The van der Waals surface area contributed by atoms with E-state index in [0.29, 0.717) is 6.07 Å². The van der Waals surface area contributed by atoms with Gasteiger partial charge in [0.05, 0.1) is 9.79 Å². The Morgan fingerprint density at radius 3 is 1.29 bits per heavy atom. The Bertz CT molecular complexity index is 978. The molecular weight excluding hydrogens is 420 g/mol. The normalized spacial score (nSPS) is 18.4. The van der Waals surface area contributed by atoms with Gasteiger partial charge in [-0.05, 0) is 18.2 Å². The number of hydrogen-bond donors (Lipinski definition) is 0. The summed E-state index contributed by atoms with van der Waals surface area (Å²) in [4.78, 5) is 44.6. The van der Waals surface area contributed by atoms with Gasteiger partial charge in [-0.2, -0.15) is 16.8 Å². The van der Waals surface area contributed by atoms with E-state index in [2.05, 4.69) is 8.57 Å². The van der Waals surface area contributed by atoms with Crippen LogP contribution in [0.5, 0.6) is 0 Å². The van der Waals surface area contributed by atoms with Gasteiger partial charge >= 0.3 is 20.2 Å². The number of hydroxylamine groups is 4. The maximum absolute atomic E-state index is 12.3. The zero-order valence-corrected chi connectivity index (χ0v) is 15.6. The van der Waals surface area contributed by atoms with E-state index in [4.69, 9.17) is 0 Å². The van der Waals surface area contributed by atoms with Crippen LogP contribution < -0.4 is 0 Å². The van der Waals surface area contributed by atoms with Crippen molar-refractivity contribution < 1.29 is 44.6 Å². The summed E-state index contributed by atoms with van der Waals surface area (Å²) in [6.45, 7) is 0. The van der Waals surface area contributed by atoms with E-state index in [-0.39, 0.29) is 35.8 Å². The lowest BCUT2D eigenvalue weighted by molar-refractivity contribution is -0.164. The minimum absolute atomic E-state index is 0.0918. The minimum Gasteiger partial charge on any atom is -0.272 e. The van der Waals surface area contributed by atoms with E-state index >= 15 is 0 Å². The van der Waals surface area contributed by atoms with Crippen molar-refractivity contribution in [3.8, 4) is 0 Å². The fraction of sp³-hybridized carbons (Fsp3) is 0.286. The fourth-order valence-electron chi connectivity index (χ4n) is 2.35. The van der Waals surface area contributed by atoms with Gasteiger partial charge in [-0.25, -0.2) is 0 Å². The molecule has 2 aliphatic heterocycles. The highest BCUT2D eigenvalue weighted by molar-refractivity contribution is 7.87. The van der Waals surface area contributed by atoms with Crippen LogP contribution in [0.2, 0.25) is 0 Å². The van der Waals surface area contributed by atoms with Gasteiger partial charge in [-0.1, -0.05) is 6.07 Å². The van der Waals surface area contributed by atoms with Crippen LogP contribution in [0.3, 0.4) is 0 Å². The fourth-order valence-corrected chi connectivity index (χ4v) is 4.35. The molecule has 14 heteroatoms. The molecule has 1 aromatic rings. The first-order chi connectivity index (χ1) is 13.0. The summed E-state index contributed by atoms with van der Waals surface area (Å²) >= 11 is 0. The Hall–Kier alpha value is -2.68. The molecule has 0 unspecified atom stereocenters. The Balaban J connectivity index is 1.87. The smallest absolute Gasteiger partial charge is 0.272 e. The molecule has 0 spiro atoms. The van der Waals surface area contributed by atoms with E-state index in [1.54, 1.807) is 0 Å². The van der Waals surface area contributed by atoms with Crippen molar-refractivity contribution in [2.45, 2.75) is 35.5 Å². The second-order valence-corrected chi connectivity index (χ2v) is 8.75. The highest BCUT2D eigenvalue weighted by Gasteiger charge is 2.37. The first-order valence-corrected chi connectivity index (χ1v) is 10.5. The number of rotatable bonds is 6. The molecule has 0 saturated carbocycles. The van der Waals surface area contributed by atoms with Crippen molar-refractivity contribution in [1.29, 1.82) is 0 Å². The summed E-state index contributed by atoms with van der Waals surface area (Å²) in [7, 11) is -9.45. The summed E-state index contributed by atoms with van der Waals surface area (Å²) < 4.78 is 58.1. The van der Waals surface area contributed by atoms with Gasteiger partial charge in [0.25, 0.3) is 23.6 Å². The number of benzene rings is 1. The highest BCUT2D eigenvalue weighted by atomic mass is 32.2. The topological polar surface area (TPSA) is 161 Å². The van der Waals surface area contributed by atoms with Crippen LogP contribution in [-0.4, -0.2) is 50.6 Å². The molecule has 2 saturated heterocycles. The molecule has 0 aromatic heterocycles. The zero-order valence-electron chi connectivity index (χ0n) is 13.9. The second-order valence-electron chi connectivity index (χ2n) is 5.70. The van der Waals surface area contributed by atoms with Crippen LogP contribution in [0.15, 0.2) is 34.1 Å². The van der Waals surface area contributed by atoms with Crippen LogP contribution in [0, 0.1) is 0 Å². The third-order valence-corrected chi connectivity index (χ3v) is 6.09. The van der Waals surface area contributed by atoms with Crippen LogP contribution in [0.4, 0.5) is 0 Å². The molecule has 2 heterocycles. The van der Waals surface area contributed by atoms with Crippen molar-refractivity contribution in [3.05, 3.63) is 24.3 Å². The van der Waals surface area contributed by atoms with E-state index in [1.807, 2.05) is 0 Å². The number of imide groups is 2. The second kappa shape index (κ2) is 7.05. The maximum atomic E-state index is 12.3. The van der Waals surface area contributed by atoms with E-state index in [0.717, 1.165) is 18.2 Å². The molecule has 150 valence electrons. The van der Waals surface area contributed by atoms with Crippen LogP contribution in [0.25, 0.3) is 0 Å². The molecule has 2 fully saturated rings. The number of nitrogens with zero attached hydrogens (tertiary/aromatic N) is 2. The van der Waals surface area contributed by atoms with Crippen molar-refractivity contribution >= 4 is 43.9 Å². The predicted molar refractivity (Wildman–Crippen MR) is 85.2 cm³/mol. The van der Waals surface area contributed by atoms with Gasteiger partial charge in [0.15, 0.2) is 0 Å². The van der Waals surface area contributed by atoms with Crippen molar-refractivity contribution in [3.63, 3.8) is 0 Å². The van der Waals surface area contributed by atoms with Gasteiger partial charge in [-0.3, -0.25) is 19.2 Å². The number of carbonyl (C=O) groups is 4. The number of hydrogen-bond acceptors (Lipinski definition) is 10. The van der Waals surface area contributed by atoms with Crippen molar-refractivity contribution in [2.24, 2.45) is 0 Å². The average molecular weight is 432 g/mol. The standard InChI is InChI=1S/C14H12N2O10S2/c17-11-4-5-12(18)15(11)25-27(21,22)9-2-1-3-10(8-9)28(23,24)26-16-13(19)6-7-14(16)20/h1-3,8H,4-7H2. The summed E-state index contributed by atoms with van der Waals surface area (Å²) in [6.07, 6.45) is -0.855. The summed E-state index contributed by atoms with van der Waals surface area (Å²) in [5, 5.41) is 0.184. The first kappa shape index (κ1) is 20.1. The molecule has 0 bridgehead atoms. The summed E-state index contributed by atoms with van der Waals surface area (Å²) in [5.74, 6) is -3.42. The molecule has 0 N–H and O–H groups in total. The number of carbonyl (C=O) groups excluding carboxylic acids is 4. The van der Waals surface area contributed by atoms with Gasteiger partial charge in [0.1, 0.15) is 0 Å². The number of amides is 4. The lowest BCUT2D eigenvalue weighted by Gasteiger charge is -2.14. The van der Waals surface area contributed by atoms with E-state index in [1.165, 1.54) is 0 Å². The van der Waals surface area contributed by atoms with E-state index < -0.39 is 53.7 Å². The lowest BCUT2D eigenvalue weighted by Crippen LogP contribution is -2.32. The molecule has 12 nitrogen and oxygen atoms in total. The molecular formula is C14H12N2O10S2.